The number of hydrogen-bond acceptors (Lipinski definition) is 5. The summed E-state index contributed by atoms with van der Waals surface area (Å²) in [4.78, 5) is 32.4. The number of carbonyl (C=O) groups is 2. The predicted octanol–water partition coefficient (Wildman–Crippen LogP) is 1.58. The van der Waals surface area contributed by atoms with E-state index in [1.54, 1.807) is 0 Å². The molecule has 0 N–H and O–H groups in total. The zero-order valence-corrected chi connectivity index (χ0v) is 8.72. The summed E-state index contributed by atoms with van der Waals surface area (Å²) in [5.41, 5.74) is -0.223. The fraction of sp³-hybridized carbons (Fsp3) is 0.200. The molecule has 0 saturated heterocycles. The van der Waals surface area contributed by atoms with Crippen molar-refractivity contribution in [1.29, 1.82) is 0 Å². The molecule has 0 unspecified atom stereocenters. The molecule has 0 atom stereocenters. The van der Waals surface area contributed by atoms with Gasteiger partial charge in [0.15, 0.2) is 5.78 Å². The Morgan fingerprint density at radius 2 is 1.94 bits per heavy atom. The normalized spacial score (nSPS) is 9.62. The summed E-state index contributed by atoms with van der Waals surface area (Å²) in [6.45, 7) is 1.23. The van der Waals surface area contributed by atoms with Crippen molar-refractivity contribution in [2.24, 2.45) is 0 Å². The van der Waals surface area contributed by atoms with E-state index in [0.29, 0.717) is 0 Å². The van der Waals surface area contributed by atoms with Crippen LogP contribution < -0.4 is 0 Å². The number of non-ortho nitro benzene ring substituents is 1. The molecule has 6 heteroatoms. The van der Waals surface area contributed by atoms with E-state index in [1.807, 2.05) is 0 Å². The first-order valence-corrected chi connectivity index (χ1v) is 4.35. The average molecular weight is 223 g/mol. The first kappa shape index (κ1) is 11.8. The molecule has 0 aromatic heterocycles. The van der Waals surface area contributed by atoms with Crippen LogP contribution in [-0.2, 0) is 4.74 Å². The molecule has 6 nitrogen and oxygen atoms in total. The van der Waals surface area contributed by atoms with Crippen LogP contribution in [0.15, 0.2) is 18.2 Å². The highest BCUT2D eigenvalue weighted by atomic mass is 16.6. The van der Waals surface area contributed by atoms with Crippen LogP contribution in [0.3, 0.4) is 0 Å². The number of esters is 1. The van der Waals surface area contributed by atoms with Gasteiger partial charge in [-0.05, 0) is 13.0 Å². The van der Waals surface area contributed by atoms with Crippen molar-refractivity contribution in [1.82, 2.24) is 0 Å². The number of nitro benzene ring substituents is 1. The second-order valence-corrected chi connectivity index (χ2v) is 3.03. The predicted molar refractivity (Wildman–Crippen MR) is 54.4 cm³/mol. The molecule has 1 rings (SSSR count). The molecule has 0 aliphatic rings. The fourth-order valence-corrected chi connectivity index (χ4v) is 1.23. The quantitative estimate of drug-likeness (QED) is 0.336. The number of nitro groups is 1. The number of ketones is 1. The average Bonchev–Trinajstić information content (AvgIpc) is 2.26. The van der Waals surface area contributed by atoms with Gasteiger partial charge in [-0.3, -0.25) is 14.9 Å². The van der Waals surface area contributed by atoms with Crippen molar-refractivity contribution in [3.63, 3.8) is 0 Å². The van der Waals surface area contributed by atoms with Gasteiger partial charge in [0, 0.05) is 17.7 Å². The Kier molecular flexibility index (Phi) is 3.34. The Balaban J connectivity index is 3.36. The fourth-order valence-electron chi connectivity index (χ4n) is 1.23. The molecular formula is C10H9NO5. The molecule has 0 aliphatic carbocycles. The van der Waals surface area contributed by atoms with Crippen LogP contribution in [0.2, 0.25) is 0 Å². The molecule has 0 heterocycles. The number of methoxy groups -OCH3 is 1. The minimum Gasteiger partial charge on any atom is -0.465 e. The number of ether oxygens (including phenoxy) is 1. The van der Waals surface area contributed by atoms with Crippen molar-refractivity contribution in [2.75, 3.05) is 7.11 Å². The maximum atomic E-state index is 11.3. The number of Topliss-reactive ketones (excluding diaryl/α,β-unsaturated/α-hetero) is 1. The van der Waals surface area contributed by atoms with Crippen LogP contribution in [0.1, 0.15) is 27.6 Å². The van der Waals surface area contributed by atoms with E-state index in [1.165, 1.54) is 20.1 Å². The van der Waals surface area contributed by atoms with E-state index < -0.39 is 16.7 Å². The Bertz CT molecular complexity index is 466. The molecule has 84 valence electrons. The van der Waals surface area contributed by atoms with Crippen molar-refractivity contribution in [2.45, 2.75) is 6.92 Å². The summed E-state index contributed by atoms with van der Waals surface area (Å²) in [7, 11) is 1.17. The number of carbonyl (C=O) groups excluding carboxylic acids is 2. The van der Waals surface area contributed by atoms with Gasteiger partial charge >= 0.3 is 5.97 Å². The molecule has 1 aromatic carbocycles. The minimum atomic E-state index is -0.694. The van der Waals surface area contributed by atoms with E-state index in [4.69, 9.17) is 0 Å². The lowest BCUT2D eigenvalue weighted by Gasteiger charge is -2.04. The molecule has 0 radical (unpaired) electrons. The van der Waals surface area contributed by atoms with Crippen molar-refractivity contribution in [3.8, 4) is 0 Å². The van der Waals surface area contributed by atoms with Gasteiger partial charge in [-0.2, -0.15) is 0 Å². The van der Waals surface area contributed by atoms with E-state index in [-0.39, 0.29) is 16.8 Å². The highest BCUT2D eigenvalue weighted by Gasteiger charge is 2.18. The third-order valence-electron chi connectivity index (χ3n) is 2.00. The number of rotatable bonds is 3. The van der Waals surface area contributed by atoms with Crippen LogP contribution in [0, 0.1) is 10.1 Å². The summed E-state index contributed by atoms with van der Waals surface area (Å²) in [5.74, 6) is -1.12. The molecular weight excluding hydrogens is 214 g/mol. The lowest BCUT2D eigenvalue weighted by Crippen LogP contribution is -2.09. The number of hydrogen-bond donors (Lipinski definition) is 0. The molecule has 1 aromatic rings. The minimum absolute atomic E-state index is 0.0129. The summed E-state index contributed by atoms with van der Waals surface area (Å²) >= 11 is 0. The molecule has 0 aliphatic heterocycles. The maximum absolute atomic E-state index is 11.3. The summed E-state index contributed by atoms with van der Waals surface area (Å²) in [6.07, 6.45) is 0. The van der Waals surface area contributed by atoms with Crippen LogP contribution in [0.4, 0.5) is 5.69 Å². The zero-order chi connectivity index (χ0) is 12.3. The molecule has 0 bridgehead atoms. The maximum Gasteiger partial charge on any atom is 0.338 e. The smallest absolute Gasteiger partial charge is 0.338 e. The van der Waals surface area contributed by atoms with Gasteiger partial charge in [-0.25, -0.2) is 4.79 Å². The molecule has 16 heavy (non-hydrogen) atoms. The number of benzene rings is 1. The molecule has 0 saturated carbocycles. The Labute approximate surface area is 91.0 Å². The lowest BCUT2D eigenvalue weighted by atomic mass is 10.0. The van der Waals surface area contributed by atoms with Crippen molar-refractivity contribution < 1.29 is 19.2 Å². The Hall–Kier alpha value is -2.24. The standard InChI is InChI=1S/C10H9NO5/c1-6(12)9-5-7(11(14)15)3-4-8(9)10(13)16-2/h3-5H,1-2H3. The van der Waals surface area contributed by atoms with Crippen LogP contribution >= 0.6 is 0 Å². The number of nitrogens with zero attached hydrogens (tertiary/aromatic N) is 1. The van der Waals surface area contributed by atoms with Gasteiger partial charge in [-0.15, -0.1) is 0 Å². The van der Waals surface area contributed by atoms with Crippen LogP contribution in [0.5, 0.6) is 0 Å². The van der Waals surface area contributed by atoms with Crippen molar-refractivity contribution >= 4 is 17.4 Å². The Morgan fingerprint density at radius 1 is 1.31 bits per heavy atom. The largest absolute Gasteiger partial charge is 0.465 e. The monoisotopic (exact) mass is 223 g/mol. The van der Waals surface area contributed by atoms with Crippen molar-refractivity contribution in [3.05, 3.63) is 39.4 Å². The van der Waals surface area contributed by atoms with Crippen LogP contribution in [-0.4, -0.2) is 23.8 Å². The second-order valence-electron chi connectivity index (χ2n) is 3.03. The lowest BCUT2D eigenvalue weighted by molar-refractivity contribution is -0.384. The molecule has 0 spiro atoms. The van der Waals surface area contributed by atoms with Gasteiger partial charge in [0.05, 0.1) is 17.6 Å². The van der Waals surface area contributed by atoms with E-state index in [0.717, 1.165) is 12.1 Å². The van der Waals surface area contributed by atoms with Gasteiger partial charge in [0.1, 0.15) is 0 Å². The van der Waals surface area contributed by atoms with E-state index >= 15 is 0 Å². The zero-order valence-electron chi connectivity index (χ0n) is 8.72. The highest BCUT2D eigenvalue weighted by molar-refractivity contribution is 6.05. The van der Waals surface area contributed by atoms with Gasteiger partial charge in [0.2, 0.25) is 0 Å². The topological polar surface area (TPSA) is 86.5 Å². The first-order chi connectivity index (χ1) is 7.47. The van der Waals surface area contributed by atoms with Gasteiger partial charge < -0.3 is 4.74 Å². The Morgan fingerprint density at radius 3 is 2.38 bits per heavy atom. The summed E-state index contributed by atoms with van der Waals surface area (Å²) in [6, 6.07) is 3.42. The van der Waals surface area contributed by atoms with Gasteiger partial charge in [0.25, 0.3) is 5.69 Å². The third-order valence-corrected chi connectivity index (χ3v) is 2.00. The summed E-state index contributed by atoms with van der Waals surface area (Å²) < 4.78 is 4.47. The van der Waals surface area contributed by atoms with E-state index in [2.05, 4.69) is 4.74 Å². The highest BCUT2D eigenvalue weighted by Crippen LogP contribution is 2.19. The van der Waals surface area contributed by atoms with Crippen LogP contribution in [0.25, 0.3) is 0 Å². The summed E-state index contributed by atoms with van der Waals surface area (Å²) in [5, 5.41) is 10.5. The third kappa shape index (κ3) is 2.22. The van der Waals surface area contributed by atoms with Gasteiger partial charge in [-0.1, -0.05) is 0 Å². The SMILES string of the molecule is COC(=O)c1ccc([N+](=O)[O-])cc1C(C)=O. The van der Waals surface area contributed by atoms with E-state index in [9.17, 15) is 19.7 Å². The first-order valence-electron chi connectivity index (χ1n) is 4.35. The molecule has 0 fully saturated rings. The second kappa shape index (κ2) is 4.52. The molecule has 0 amide bonds.